The van der Waals surface area contributed by atoms with Gasteiger partial charge in [0.2, 0.25) is 5.95 Å². The van der Waals surface area contributed by atoms with Gasteiger partial charge in [-0.25, -0.2) is 17.4 Å². The molecule has 5 rings (SSSR count). The van der Waals surface area contributed by atoms with Crippen LogP contribution in [0.15, 0.2) is 84.0 Å². The van der Waals surface area contributed by atoms with Gasteiger partial charge in [0.25, 0.3) is 10.0 Å². The number of benzene rings is 2. The Balaban J connectivity index is 1.33. The van der Waals surface area contributed by atoms with Crippen molar-refractivity contribution in [2.45, 2.75) is 63.1 Å². The Kier molecular flexibility index (Phi) is 10.4. The molecule has 2 aromatic carbocycles. The summed E-state index contributed by atoms with van der Waals surface area (Å²) in [5, 5.41) is 0.848. The van der Waals surface area contributed by atoms with Gasteiger partial charge in [-0.1, -0.05) is 62.2 Å². The van der Waals surface area contributed by atoms with Gasteiger partial charge in [0.15, 0.2) is 0 Å². The fraction of sp³-hybridized carbons (Fsp3) is 0.424. The Morgan fingerprint density at radius 3 is 2.38 bits per heavy atom. The van der Waals surface area contributed by atoms with E-state index in [4.69, 9.17) is 4.74 Å². The lowest BCUT2D eigenvalue weighted by atomic mass is 10.1. The number of hydrogen-bond donors (Lipinski definition) is 0. The van der Waals surface area contributed by atoms with Crippen LogP contribution in [0.5, 0.6) is 0 Å². The third kappa shape index (κ3) is 7.26. The molecule has 0 radical (unpaired) electrons. The normalized spacial score (nSPS) is 14.5. The summed E-state index contributed by atoms with van der Waals surface area (Å²) < 4.78 is 49.2. The molecule has 2 heterocycles. The first-order valence-corrected chi connectivity index (χ1v) is 16.4. The van der Waals surface area contributed by atoms with Crippen molar-refractivity contribution in [1.82, 2.24) is 18.8 Å². The smallest absolute Gasteiger partial charge is 0.268 e. The van der Waals surface area contributed by atoms with Crippen LogP contribution in [0.4, 0.5) is 4.39 Å². The number of fused-ring (bicyclic) bond motifs is 1. The van der Waals surface area contributed by atoms with E-state index in [9.17, 15) is 12.8 Å². The zero-order chi connectivity index (χ0) is 29.4. The molecule has 224 valence electrons. The van der Waals surface area contributed by atoms with Crippen LogP contribution in [0.1, 0.15) is 50.2 Å². The maximum absolute atomic E-state index is 14.6. The molecule has 0 spiro atoms. The fourth-order valence-corrected chi connectivity index (χ4v) is 7.41. The second kappa shape index (κ2) is 14.4. The summed E-state index contributed by atoms with van der Waals surface area (Å²) in [6.07, 6.45) is 9.46. The maximum atomic E-state index is 14.6. The molecule has 0 atom stereocenters. The monoisotopic (exact) mass is 592 g/mol. The Labute approximate surface area is 249 Å². The third-order valence-corrected chi connectivity index (χ3v) is 9.80. The van der Waals surface area contributed by atoms with Gasteiger partial charge >= 0.3 is 0 Å². The van der Waals surface area contributed by atoms with E-state index in [0.717, 1.165) is 30.5 Å². The molecule has 1 aliphatic carbocycles. The van der Waals surface area contributed by atoms with Crippen LogP contribution in [-0.2, 0) is 27.8 Å². The molecular weight excluding hydrogens is 551 g/mol. The molecule has 0 unspecified atom stereocenters. The molecule has 42 heavy (non-hydrogen) atoms. The van der Waals surface area contributed by atoms with Crippen molar-refractivity contribution >= 4 is 20.9 Å². The number of pyridine rings is 1. The van der Waals surface area contributed by atoms with E-state index in [2.05, 4.69) is 21.7 Å². The van der Waals surface area contributed by atoms with Crippen LogP contribution >= 0.6 is 0 Å². The van der Waals surface area contributed by atoms with E-state index in [1.807, 2.05) is 24.3 Å². The van der Waals surface area contributed by atoms with Crippen molar-refractivity contribution < 1.29 is 17.5 Å². The Morgan fingerprint density at radius 1 is 0.905 bits per heavy atom. The van der Waals surface area contributed by atoms with E-state index >= 15 is 0 Å². The molecule has 0 N–H and O–H groups in total. The zero-order valence-corrected chi connectivity index (χ0v) is 25.2. The lowest BCUT2D eigenvalue weighted by Gasteiger charge is -2.28. The molecular formula is C33H41FN4O3S. The molecule has 1 fully saturated rings. The van der Waals surface area contributed by atoms with Gasteiger partial charge in [0, 0.05) is 55.6 Å². The quantitative estimate of drug-likeness (QED) is 0.123. The standard InChI is InChI=1S/C33H41FN4O3S/c1-2-19-37(29-12-6-7-13-29)21-23-41-22-20-36(24-27-11-10-18-35-33(27)34)25-28-26-38(32-17-9-8-16-31(28)32)42(39,40)30-14-4-3-5-15-30/h3-5,8-11,14-18,26,29H,2,6-7,12-13,19-25H2,1H3. The van der Waals surface area contributed by atoms with Gasteiger partial charge in [-0.15, -0.1) is 0 Å². The summed E-state index contributed by atoms with van der Waals surface area (Å²) in [5.74, 6) is -0.496. The molecule has 1 aliphatic rings. The van der Waals surface area contributed by atoms with Gasteiger partial charge in [-0.05, 0) is 55.6 Å². The van der Waals surface area contributed by atoms with Crippen LogP contribution in [0.2, 0.25) is 0 Å². The van der Waals surface area contributed by atoms with Crippen molar-refractivity contribution in [3.63, 3.8) is 0 Å². The predicted octanol–water partition coefficient (Wildman–Crippen LogP) is 6.09. The summed E-state index contributed by atoms with van der Waals surface area (Å²) in [6.45, 7) is 6.71. The van der Waals surface area contributed by atoms with Crippen molar-refractivity contribution in [2.24, 2.45) is 0 Å². The minimum atomic E-state index is -3.79. The number of rotatable bonds is 15. The second-order valence-electron chi connectivity index (χ2n) is 11.0. The number of aromatic nitrogens is 2. The molecule has 0 amide bonds. The predicted molar refractivity (Wildman–Crippen MR) is 164 cm³/mol. The van der Waals surface area contributed by atoms with E-state index in [-0.39, 0.29) is 4.90 Å². The Hall–Kier alpha value is -3.11. The van der Waals surface area contributed by atoms with Gasteiger partial charge in [-0.2, -0.15) is 4.39 Å². The number of nitrogens with zero attached hydrogens (tertiary/aromatic N) is 4. The minimum Gasteiger partial charge on any atom is -0.379 e. The number of ether oxygens (including phenoxy) is 1. The lowest BCUT2D eigenvalue weighted by molar-refractivity contribution is 0.0682. The van der Waals surface area contributed by atoms with Crippen LogP contribution in [0, 0.1) is 5.95 Å². The summed E-state index contributed by atoms with van der Waals surface area (Å²) in [4.78, 5) is 8.73. The summed E-state index contributed by atoms with van der Waals surface area (Å²) in [5.41, 5.74) is 1.96. The van der Waals surface area contributed by atoms with E-state index in [1.165, 1.54) is 35.9 Å². The average Bonchev–Trinajstić information content (AvgIpc) is 3.67. The Bertz CT molecular complexity index is 1540. The van der Waals surface area contributed by atoms with Crippen LogP contribution in [0.3, 0.4) is 0 Å². The first-order valence-electron chi connectivity index (χ1n) is 15.0. The fourth-order valence-electron chi connectivity index (χ4n) is 5.99. The maximum Gasteiger partial charge on any atom is 0.268 e. The highest BCUT2D eigenvalue weighted by molar-refractivity contribution is 7.90. The highest BCUT2D eigenvalue weighted by Gasteiger charge is 2.23. The van der Waals surface area contributed by atoms with Crippen molar-refractivity contribution in [3.05, 3.63) is 96.2 Å². The van der Waals surface area contributed by atoms with Crippen molar-refractivity contribution in [1.29, 1.82) is 0 Å². The number of hydrogen-bond acceptors (Lipinski definition) is 6. The minimum absolute atomic E-state index is 0.231. The summed E-state index contributed by atoms with van der Waals surface area (Å²) >= 11 is 0. The van der Waals surface area contributed by atoms with Gasteiger partial charge in [0.05, 0.1) is 23.6 Å². The first-order chi connectivity index (χ1) is 20.5. The van der Waals surface area contributed by atoms with Crippen LogP contribution < -0.4 is 0 Å². The molecule has 7 nitrogen and oxygen atoms in total. The third-order valence-electron chi connectivity index (χ3n) is 8.11. The van der Waals surface area contributed by atoms with E-state index < -0.39 is 16.0 Å². The molecule has 1 saturated carbocycles. The van der Waals surface area contributed by atoms with Gasteiger partial charge in [-0.3, -0.25) is 9.80 Å². The van der Waals surface area contributed by atoms with Crippen LogP contribution in [-0.4, -0.2) is 66.1 Å². The van der Waals surface area contributed by atoms with Gasteiger partial charge in [0.1, 0.15) is 0 Å². The van der Waals surface area contributed by atoms with Gasteiger partial charge < -0.3 is 4.74 Å². The Morgan fingerprint density at radius 2 is 1.62 bits per heavy atom. The zero-order valence-electron chi connectivity index (χ0n) is 24.4. The largest absolute Gasteiger partial charge is 0.379 e. The average molecular weight is 593 g/mol. The second-order valence-corrected chi connectivity index (χ2v) is 12.9. The van der Waals surface area contributed by atoms with Crippen LogP contribution in [0.25, 0.3) is 10.9 Å². The highest BCUT2D eigenvalue weighted by atomic mass is 32.2. The molecule has 0 saturated heterocycles. The molecule has 2 aromatic heterocycles. The van der Waals surface area contributed by atoms with Crippen molar-refractivity contribution in [3.8, 4) is 0 Å². The molecule has 0 bridgehead atoms. The lowest BCUT2D eigenvalue weighted by Crippen LogP contribution is -2.37. The van der Waals surface area contributed by atoms with E-state index in [0.29, 0.717) is 50.0 Å². The number of para-hydroxylation sites is 1. The molecule has 9 heteroatoms. The topological polar surface area (TPSA) is 67.7 Å². The first kappa shape index (κ1) is 30.4. The summed E-state index contributed by atoms with van der Waals surface area (Å²) in [7, 11) is -3.79. The summed E-state index contributed by atoms with van der Waals surface area (Å²) in [6, 6.07) is 20.1. The molecule has 0 aliphatic heterocycles. The SMILES string of the molecule is CCCN(CCOCCN(Cc1cccnc1F)Cc1cn(S(=O)(=O)c2ccccc2)c2ccccc12)C1CCCC1. The molecule has 4 aromatic rings. The highest BCUT2D eigenvalue weighted by Crippen LogP contribution is 2.28. The van der Waals surface area contributed by atoms with Crippen molar-refractivity contribution in [2.75, 3.05) is 32.8 Å². The number of halogens is 1. The van der Waals surface area contributed by atoms with E-state index in [1.54, 1.807) is 48.7 Å².